The molecule has 8 nitrogen and oxygen atoms in total. The minimum atomic E-state index is -4.01. The van der Waals surface area contributed by atoms with Crippen molar-refractivity contribution in [1.29, 1.82) is 0 Å². The van der Waals surface area contributed by atoms with Crippen molar-refractivity contribution in [2.24, 2.45) is 0 Å². The van der Waals surface area contributed by atoms with Crippen molar-refractivity contribution in [2.45, 2.75) is 11.5 Å². The lowest BCUT2D eigenvalue weighted by Gasteiger charge is -2.12. The van der Waals surface area contributed by atoms with Crippen molar-refractivity contribution >= 4 is 39.1 Å². The van der Waals surface area contributed by atoms with Gasteiger partial charge < -0.3 is 4.74 Å². The normalized spacial score (nSPS) is 13.0. The van der Waals surface area contributed by atoms with Crippen LogP contribution in [0, 0.1) is 0 Å². The van der Waals surface area contributed by atoms with Gasteiger partial charge in [0.1, 0.15) is 12.4 Å². The van der Waals surface area contributed by atoms with Crippen LogP contribution in [0.25, 0.3) is 0 Å². The van der Waals surface area contributed by atoms with Gasteiger partial charge in [0.05, 0.1) is 32.4 Å². The van der Waals surface area contributed by atoms with Gasteiger partial charge in [0.25, 0.3) is 21.8 Å². The molecule has 1 aliphatic rings. The number of carbonyl (C=O) groups excluding carboxylic acids is 2. The van der Waals surface area contributed by atoms with E-state index in [1.54, 1.807) is 18.3 Å². The monoisotopic (exact) mass is 443 g/mol. The number of aromatic nitrogens is 1. The number of nitrogens with one attached hydrogen (secondary N) is 2. The first-order valence-electron chi connectivity index (χ1n) is 8.68. The minimum absolute atomic E-state index is 0.0131. The summed E-state index contributed by atoms with van der Waals surface area (Å²) < 4.78 is 33.4. The number of amides is 2. The predicted molar refractivity (Wildman–Crippen MR) is 109 cm³/mol. The number of carbonyl (C=O) groups is 2. The van der Waals surface area contributed by atoms with Crippen molar-refractivity contribution < 1.29 is 22.7 Å². The highest BCUT2D eigenvalue weighted by molar-refractivity contribution is 7.92. The highest BCUT2D eigenvalue weighted by Crippen LogP contribution is 2.30. The van der Waals surface area contributed by atoms with Crippen molar-refractivity contribution in [2.75, 3.05) is 4.72 Å². The van der Waals surface area contributed by atoms with E-state index in [9.17, 15) is 18.0 Å². The van der Waals surface area contributed by atoms with Crippen molar-refractivity contribution in [1.82, 2.24) is 10.3 Å². The zero-order valence-corrected chi connectivity index (χ0v) is 16.8. The van der Waals surface area contributed by atoms with Crippen LogP contribution in [0.1, 0.15) is 26.4 Å². The number of ether oxygens (including phenoxy) is 1. The van der Waals surface area contributed by atoms with Gasteiger partial charge in [0.15, 0.2) is 0 Å². The Bertz CT molecular complexity index is 1260. The van der Waals surface area contributed by atoms with Gasteiger partial charge in [0.2, 0.25) is 0 Å². The van der Waals surface area contributed by atoms with E-state index in [1.807, 2.05) is 6.07 Å². The summed E-state index contributed by atoms with van der Waals surface area (Å²) in [6, 6.07) is 13.6. The maximum atomic E-state index is 12.7. The summed E-state index contributed by atoms with van der Waals surface area (Å²) >= 11 is 6.21. The fraction of sp³-hybridized carbons (Fsp3) is 0.0500. The molecule has 0 aliphatic carbocycles. The Balaban J connectivity index is 1.51. The molecule has 0 bridgehead atoms. The number of halogens is 1. The highest BCUT2D eigenvalue weighted by Gasteiger charge is 2.28. The molecule has 4 rings (SSSR count). The third kappa shape index (κ3) is 3.98. The van der Waals surface area contributed by atoms with Gasteiger partial charge in [0, 0.05) is 6.20 Å². The number of fused-ring (bicyclic) bond motifs is 1. The summed E-state index contributed by atoms with van der Waals surface area (Å²) in [6.45, 7) is 0.210. The van der Waals surface area contributed by atoms with Crippen LogP contribution in [-0.2, 0) is 16.6 Å². The van der Waals surface area contributed by atoms with Gasteiger partial charge in [-0.1, -0.05) is 17.7 Å². The van der Waals surface area contributed by atoms with Crippen LogP contribution in [0.15, 0.2) is 65.7 Å². The van der Waals surface area contributed by atoms with Crippen molar-refractivity contribution in [3.63, 3.8) is 0 Å². The van der Waals surface area contributed by atoms with E-state index in [1.165, 1.54) is 30.3 Å². The van der Waals surface area contributed by atoms with Crippen LogP contribution < -0.4 is 14.8 Å². The van der Waals surface area contributed by atoms with E-state index in [0.717, 1.165) is 11.8 Å². The lowest BCUT2D eigenvalue weighted by Crippen LogP contribution is -2.19. The van der Waals surface area contributed by atoms with Gasteiger partial charge in [-0.15, -0.1) is 0 Å². The van der Waals surface area contributed by atoms with Gasteiger partial charge in [-0.2, -0.15) is 0 Å². The summed E-state index contributed by atoms with van der Waals surface area (Å²) in [5.74, 6) is -0.817. The molecule has 2 aromatic carbocycles. The second-order valence-electron chi connectivity index (χ2n) is 6.35. The smallest absolute Gasteiger partial charge is 0.261 e. The number of hydrogen-bond donors (Lipinski definition) is 2. The van der Waals surface area contributed by atoms with Gasteiger partial charge in [-0.3, -0.25) is 24.6 Å². The quantitative estimate of drug-likeness (QED) is 0.566. The van der Waals surface area contributed by atoms with Crippen LogP contribution in [0.2, 0.25) is 5.02 Å². The lowest BCUT2D eigenvalue weighted by atomic mass is 10.1. The largest absolute Gasteiger partial charge is 0.486 e. The van der Waals surface area contributed by atoms with E-state index in [2.05, 4.69) is 15.0 Å². The van der Waals surface area contributed by atoms with Gasteiger partial charge in [-0.25, -0.2) is 8.42 Å². The molecule has 0 unspecified atom stereocenters. The van der Waals surface area contributed by atoms with Gasteiger partial charge >= 0.3 is 0 Å². The zero-order valence-electron chi connectivity index (χ0n) is 15.3. The molecule has 2 heterocycles. The zero-order chi connectivity index (χ0) is 21.3. The van der Waals surface area contributed by atoms with E-state index in [4.69, 9.17) is 16.3 Å². The van der Waals surface area contributed by atoms with Crippen molar-refractivity contribution in [3.05, 3.63) is 82.6 Å². The number of anilines is 1. The van der Waals surface area contributed by atoms with E-state index in [0.29, 0.717) is 5.75 Å². The first-order chi connectivity index (χ1) is 14.3. The molecule has 2 amide bonds. The molecule has 152 valence electrons. The second kappa shape index (κ2) is 7.77. The molecule has 1 aliphatic heterocycles. The van der Waals surface area contributed by atoms with Crippen LogP contribution >= 0.6 is 11.6 Å². The molecule has 3 aromatic rings. The number of imide groups is 1. The molecular formula is C20H14ClN3O5S. The Kier molecular flexibility index (Phi) is 5.15. The van der Waals surface area contributed by atoms with Crippen LogP contribution in [-0.4, -0.2) is 25.2 Å². The van der Waals surface area contributed by atoms with E-state index >= 15 is 0 Å². The maximum Gasteiger partial charge on any atom is 0.261 e. The first kappa shape index (κ1) is 19.9. The van der Waals surface area contributed by atoms with Crippen LogP contribution in [0.4, 0.5) is 5.69 Å². The highest BCUT2D eigenvalue weighted by atomic mass is 35.5. The Labute approximate surface area is 176 Å². The first-order valence-corrected chi connectivity index (χ1v) is 10.5. The van der Waals surface area contributed by atoms with Gasteiger partial charge in [-0.05, 0) is 48.5 Å². The molecule has 0 saturated carbocycles. The Hall–Kier alpha value is -3.43. The number of pyridine rings is 1. The molecule has 0 fully saturated rings. The fourth-order valence-electron chi connectivity index (χ4n) is 2.84. The molecule has 0 atom stereocenters. The summed E-state index contributed by atoms with van der Waals surface area (Å²) in [6.07, 6.45) is 1.65. The molecule has 30 heavy (non-hydrogen) atoms. The van der Waals surface area contributed by atoms with Crippen LogP contribution in [0.5, 0.6) is 5.75 Å². The average Bonchev–Trinajstić information content (AvgIpc) is 3.01. The predicted octanol–water partition coefficient (Wildman–Crippen LogP) is 3.00. The third-order valence-electron chi connectivity index (χ3n) is 4.30. The SMILES string of the molecule is O=C1NC(=O)c2cc(S(=O)(=O)Nc3ccc(OCc4ccccn4)c(Cl)c3)ccc21. The molecule has 0 radical (unpaired) electrons. The summed E-state index contributed by atoms with van der Waals surface area (Å²) in [4.78, 5) is 27.4. The number of nitrogens with zero attached hydrogens (tertiary/aromatic N) is 1. The van der Waals surface area contributed by atoms with Crippen molar-refractivity contribution in [3.8, 4) is 5.75 Å². The Morgan fingerprint density at radius 1 is 1.00 bits per heavy atom. The summed E-state index contributed by atoms with van der Waals surface area (Å²) in [5.41, 5.74) is 1.08. The number of hydrogen-bond acceptors (Lipinski definition) is 6. The van der Waals surface area contributed by atoms with Crippen LogP contribution in [0.3, 0.4) is 0 Å². The topological polar surface area (TPSA) is 114 Å². The summed E-state index contributed by atoms with van der Waals surface area (Å²) in [7, 11) is -4.01. The third-order valence-corrected chi connectivity index (χ3v) is 5.98. The second-order valence-corrected chi connectivity index (χ2v) is 8.44. The molecular weight excluding hydrogens is 430 g/mol. The fourth-order valence-corrected chi connectivity index (χ4v) is 4.16. The number of sulfonamides is 1. The molecule has 1 aromatic heterocycles. The van der Waals surface area contributed by atoms with E-state index in [-0.39, 0.29) is 33.3 Å². The average molecular weight is 444 g/mol. The standard InChI is InChI=1S/C20H14ClN3O5S/c21-17-9-12(4-7-18(17)29-11-13-3-1-2-8-22-13)24-30(27,28)14-5-6-15-16(10-14)20(26)23-19(15)25/h1-10,24H,11H2,(H,23,25,26). The Morgan fingerprint density at radius 2 is 1.80 bits per heavy atom. The molecule has 0 spiro atoms. The summed E-state index contributed by atoms with van der Waals surface area (Å²) in [5, 5.41) is 2.33. The number of rotatable bonds is 6. The molecule has 10 heteroatoms. The molecule has 0 saturated heterocycles. The lowest BCUT2D eigenvalue weighted by molar-refractivity contribution is 0.0879. The van der Waals surface area contributed by atoms with E-state index < -0.39 is 21.8 Å². The minimum Gasteiger partial charge on any atom is -0.486 e. The Morgan fingerprint density at radius 3 is 2.53 bits per heavy atom. The number of benzene rings is 2. The maximum absolute atomic E-state index is 12.7. The molecule has 2 N–H and O–H groups in total.